The Morgan fingerprint density at radius 3 is 2.30 bits per heavy atom. The SMILES string of the molecule is CC(C)(C)OC(=O)NCC(COS(C)(=O)=O)NC(=O)OCc1ccccc1. The van der Waals surface area contributed by atoms with Gasteiger partial charge in [-0.25, -0.2) is 9.59 Å². The second kappa shape index (κ2) is 10.1. The minimum Gasteiger partial charge on any atom is -0.445 e. The Hall–Kier alpha value is -2.33. The van der Waals surface area contributed by atoms with Crippen LogP contribution in [0.3, 0.4) is 0 Å². The van der Waals surface area contributed by atoms with Crippen molar-refractivity contribution in [2.24, 2.45) is 0 Å². The molecule has 0 heterocycles. The van der Waals surface area contributed by atoms with Gasteiger partial charge in [-0.05, 0) is 26.3 Å². The fourth-order valence-electron chi connectivity index (χ4n) is 1.81. The summed E-state index contributed by atoms with van der Waals surface area (Å²) in [4.78, 5) is 23.7. The predicted molar refractivity (Wildman–Crippen MR) is 98.6 cm³/mol. The number of ether oxygens (including phenoxy) is 2. The fraction of sp³-hybridized carbons (Fsp3) is 0.529. The first-order chi connectivity index (χ1) is 12.4. The van der Waals surface area contributed by atoms with Gasteiger partial charge in [0.1, 0.15) is 12.2 Å². The first-order valence-corrected chi connectivity index (χ1v) is 10.0. The van der Waals surface area contributed by atoms with Crippen LogP contribution in [0.5, 0.6) is 0 Å². The van der Waals surface area contributed by atoms with Crippen LogP contribution in [0.4, 0.5) is 9.59 Å². The van der Waals surface area contributed by atoms with Gasteiger partial charge < -0.3 is 20.1 Å². The summed E-state index contributed by atoms with van der Waals surface area (Å²) in [6, 6.07) is 8.21. The van der Waals surface area contributed by atoms with Gasteiger partial charge in [-0.2, -0.15) is 8.42 Å². The minimum absolute atomic E-state index is 0.0474. The summed E-state index contributed by atoms with van der Waals surface area (Å²) in [5.41, 5.74) is 0.105. The third-order valence-electron chi connectivity index (χ3n) is 2.91. The maximum atomic E-state index is 11.9. The van der Waals surface area contributed by atoms with E-state index in [1.807, 2.05) is 18.2 Å². The summed E-state index contributed by atoms with van der Waals surface area (Å²) in [6.45, 7) is 4.69. The van der Waals surface area contributed by atoms with Crippen molar-refractivity contribution < 1.29 is 31.7 Å². The zero-order chi connectivity index (χ0) is 20.5. The first-order valence-electron chi connectivity index (χ1n) is 8.23. The number of hydrogen-bond acceptors (Lipinski definition) is 7. The predicted octanol–water partition coefficient (Wildman–Crippen LogP) is 1.78. The number of benzene rings is 1. The molecule has 0 aliphatic rings. The van der Waals surface area contributed by atoms with E-state index >= 15 is 0 Å². The van der Waals surface area contributed by atoms with Gasteiger partial charge in [0.15, 0.2) is 0 Å². The number of nitrogens with one attached hydrogen (secondary N) is 2. The van der Waals surface area contributed by atoms with E-state index in [2.05, 4.69) is 10.6 Å². The lowest BCUT2D eigenvalue weighted by atomic mass is 10.2. The van der Waals surface area contributed by atoms with Crippen molar-refractivity contribution in [2.75, 3.05) is 19.4 Å². The molecule has 0 radical (unpaired) electrons. The average molecular weight is 402 g/mol. The van der Waals surface area contributed by atoms with E-state index in [1.165, 1.54) is 0 Å². The van der Waals surface area contributed by atoms with Crippen molar-refractivity contribution in [1.29, 1.82) is 0 Å². The fourth-order valence-corrected chi connectivity index (χ4v) is 2.22. The number of hydrogen-bond donors (Lipinski definition) is 2. The summed E-state index contributed by atoms with van der Waals surface area (Å²) < 4.78 is 37.2. The van der Waals surface area contributed by atoms with E-state index in [-0.39, 0.29) is 19.8 Å². The van der Waals surface area contributed by atoms with E-state index in [4.69, 9.17) is 13.7 Å². The monoisotopic (exact) mass is 402 g/mol. The van der Waals surface area contributed by atoms with Gasteiger partial charge in [0.25, 0.3) is 10.1 Å². The van der Waals surface area contributed by atoms with Crippen molar-refractivity contribution in [3.05, 3.63) is 35.9 Å². The largest absolute Gasteiger partial charge is 0.445 e. The summed E-state index contributed by atoms with van der Waals surface area (Å²) >= 11 is 0. The molecule has 0 fully saturated rings. The Bertz CT molecular complexity index is 715. The minimum atomic E-state index is -3.71. The summed E-state index contributed by atoms with van der Waals surface area (Å²) in [7, 11) is -3.71. The van der Waals surface area contributed by atoms with Gasteiger partial charge in [0, 0.05) is 6.54 Å². The molecular weight excluding hydrogens is 376 g/mol. The number of rotatable bonds is 8. The van der Waals surface area contributed by atoms with Crippen LogP contribution in [0.25, 0.3) is 0 Å². The molecule has 0 saturated carbocycles. The second-order valence-corrected chi connectivity index (χ2v) is 8.42. The molecule has 1 rings (SSSR count). The van der Waals surface area contributed by atoms with Gasteiger partial charge in [0.05, 0.1) is 18.9 Å². The van der Waals surface area contributed by atoms with Gasteiger partial charge in [-0.15, -0.1) is 0 Å². The normalized spacial score (nSPS) is 12.7. The van der Waals surface area contributed by atoms with Gasteiger partial charge in [-0.1, -0.05) is 30.3 Å². The van der Waals surface area contributed by atoms with Crippen molar-refractivity contribution in [2.45, 2.75) is 39.0 Å². The van der Waals surface area contributed by atoms with Crippen molar-refractivity contribution in [3.8, 4) is 0 Å². The Kier molecular flexibility index (Phi) is 8.51. The Balaban J connectivity index is 2.56. The number of amides is 2. The topological polar surface area (TPSA) is 120 Å². The molecular formula is C17H26N2O7S. The van der Waals surface area contributed by atoms with Crippen molar-refractivity contribution in [1.82, 2.24) is 10.6 Å². The number of carbonyl (C=O) groups is 2. The highest BCUT2D eigenvalue weighted by atomic mass is 32.2. The van der Waals surface area contributed by atoms with Crippen LogP contribution >= 0.6 is 0 Å². The molecule has 2 amide bonds. The molecule has 0 aliphatic heterocycles. The molecule has 0 spiro atoms. The second-order valence-electron chi connectivity index (χ2n) is 6.77. The molecule has 0 aliphatic carbocycles. The van der Waals surface area contributed by atoms with Gasteiger partial charge in [0.2, 0.25) is 0 Å². The Labute approximate surface area is 159 Å². The molecule has 152 valence electrons. The van der Waals surface area contributed by atoms with Crippen molar-refractivity contribution >= 4 is 22.3 Å². The lowest BCUT2D eigenvalue weighted by Crippen LogP contribution is -2.47. The highest BCUT2D eigenvalue weighted by Gasteiger charge is 2.20. The molecule has 0 aromatic heterocycles. The molecule has 0 bridgehead atoms. The quantitative estimate of drug-likeness (QED) is 0.636. The molecule has 27 heavy (non-hydrogen) atoms. The van der Waals surface area contributed by atoms with E-state index in [0.29, 0.717) is 0 Å². The molecule has 1 atom stereocenters. The summed E-state index contributed by atoms with van der Waals surface area (Å²) in [6.07, 6.45) is -0.586. The van der Waals surface area contributed by atoms with Crippen LogP contribution in [0, 0.1) is 0 Å². The lowest BCUT2D eigenvalue weighted by molar-refractivity contribution is 0.0517. The molecule has 10 heteroatoms. The zero-order valence-corrected chi connectivity index (χ0v) is 16.7. The van der Waals surface area contributed by atoms with Gasteiger partial charge >= 0.3 is 12.2 Å². The average Bonchev–Trinajstić information content (AvgIpc) is 2.54. The van der Waals surface area contributed by atoms with E-state index in [0.717, 1.165) is 11.8 Å². The summed E-state index contributed by atoms with van der Waals surface area (Å²) in [5.74, 6) is 0. The molecule has 1 aromatic carbocycles. The van der Waals surface area contributed by atoms with Crippen LogP contribution in [-0.2, 0) is 30.4 Å². The molecule has 0 saturated heterocycles. The van der Waals surface area contributed by atoms with Crippen LogP contribution in [-0.4, -0.2) is 51.7 Å². The highest BCUT2D eigenvalue weighted by Crippen LogP contribution is 2.06. The van der Waals surface area contributed by atoms with Crippen LogP contribution in [0.2, 0.25) is 0 Å². The highest BCUT2D eigenvalue weighted by molar-refractivity contribution is 7.85. The maximum Gasteiger partial charge on any atom is 0.407 e. The molecule has 9 nitrogen and oxygen atoms in total. The van der Waals surface area contributed by atoms with Gasteiger partial charge in [-0.3, -0.25) is 4.18 Å². The molecule has 1 unspecified atom stereocenters. The van der Waals surface area contributed by atoms with Crippen LogP contribution < -0.4 is 10.6 Å². The third-order valence-corrected chi connectivity index (χ3v) is 3.47. The standard InChI is InChI=1S/C17H26N2O7S/c1-17(2,3)26-15(20)18-10-14(12-25-27(4,22)23)19-16(21)24-11-13-8-6-5-7-9-13/h5-9,14H,10-12H2,1-4H3,(H,18,20)(H,19,21). The maximum absolute atomic E-state index is 11.9. The van der Waals surface area contributed by atoms with Crippen LogP contribution in [0.15, 0.2) is 30.3 Å². The molecule has 1 aromatic rings. The third kappa shape index (κ3) is 11.8. The van der Waals surface area contributed by atoms with E-state index in [9.17, 15) is 18.0 Å². The van der Waals surface area contributed by atoms with E-state index in [1.54, 1.807) is 32.9 Å². The van der Waals surface area contributed by atoms with Crippen molar-refractivity contribution in [3.63, 3.8) is 0 Å². The van der Waals surface area contributed by atoms with E-state index < -0.39 is 33.9 Å². The smallest absolute Gasteiger partial charge is 0.407 e. The number of carbonyl (C=O) groups excluding carboxylic acids is 2. The molecule has 2 N–H and O–H groups in total. The Morgan fingerprint density at radius 1 is 1.11 bits per heavy atom. The lowest BCUT2D eigenvalue weighted by Gasteiger charge is -2.22. The van der Waals surface area contributed by atoms with Crippen LogP contribution in [0.1, 0.15) is 26.3 Å². The Morgan fingerprint density at radius 2 is 1.74 bits per heavy atom. The zero-order valence-electron chi connectivity index (χ0n) is 15.9. The number of alkyl carbamates (subject to hydrolysis) is 2. The summed E-state index contributed by atoms with van der Waals surface area (Å²) in [5, 5.41) is 4.91. The first kappa shape index (κ1) is 22.7.